The largest absolute Gasteiger partial charge is 0.421 e. The Labute approximate surface area is 117 Å². The highest BCUT2D eigenvalue weighted by Crippen LogP contribution is 2.27. The van der Waals surface area contributed by atoms with Gasteiger partial charge in [0.2, 0.25) is 0 Å². The van der Waals surface area contributed by atoms with Gasteiger partial charge in [-0.15, -0.1) is 0 Å². The Morgan fingerprint density at radius 1 is 1.06 bits per heavy atom. The van der Waals surface area contributed by atoms with E-state index in [1.807, 2.05) is 30.3 Å². The van der Waals surface area contributed by atoms with Crippen molar-refractivity contribution in [2.45, 2.75) is 0 Å². The third kappa shape index (κ3) is 1.82. The Morgan fingerprint density at radius 3 is 2.61 bits per heavy atom. The molecule has 88 valence electrons. The predicted octanol–water partition coefficient (Wildman–Crippen LogP) is 3.46. The molecule has 0 saturated heterocycles. The number of fused-ring (bicyclic) bond motifs is 1. The van der Waals surface area contributed by atoms with Crippen LogP contribution in [0.15, 0.2) is 57.9 Å². The molecule has 0 saturated carbocycles. The van der Waals surface area contributed by atoms with Gasteiger partial charge in [0.25, 0.3) is 0 Å². The maximum Gasteiger partial charge on any atom is 0.345 e. The number of halogens is 1. The lowest BCUT2D eigenvalue weighted by Gasteiger charge is -2.05. The van der Waals surface area contributed by atoms with E-state index in [2.05, 4.69) is 27.6 Å². The maximum absolute atomic E-state index is 11.9. The van der Waals surface area contributed by atoms with Crippen LogP contribution in [0.1, 0.15) is 0 Å². The number of hydrogen-bond acceptors (Lipinski definition) is 3. The van der Waals surface area contributed by atoms with E-state index in [0.717, 1.165) is 9.13 Å². The van der Waals surface area contributed by atoms with Crippen LogP contribution in [0.4, 0.5) is 0 Å². The molecule has 0 amide bonds. The number of benzene rings is 1. The first-order chi connectivity index (χ1) is 8.77. The van der Waals surface area contributed by atoms with Gasteiger partial charge in [-0.05, 0) is 34.7 Å². The van der Waals surface area contributed by atoms with Crippen LogP contribution >= 0.6 is 22.6 Å². The molecule has 0 spiro atoms. The summed E-state index contributed by atoms with van der Waals surface area (Å²) in [4.78, 5) is 16.2. The summed E-state index contributed by atoms with van der Waals surface area (Å²) in [6, 6.07) is 13.0. The Kier molecular flexibility index (Phi) is 2.87. The minimum absolute atomic E-state index is 0.350. The summed E-state index contributed by atoms with van der Waals surface area (Å²) >= 11 is 2.16. The van der Waals surface area contributed by atoms with Gasteiger partial charge in [0, 0.05) is 11.8 Å². The van der Waals surface area contributed by atoms with Crippen molar-refractivity contribution in [1.82, 2.24) is 4.98 Å². The van der Waals surface area contributed by atoms with Crippen LogP contribution in [0.3, 0.4) is 0 Å². The highest BCUT2D eigenvalue weighted by atomic mass is 127. The number of nitrogens with zero attached hydrogens (tertiary/aromatic N) is 1. The molecular formula is C14H8INO2. The monoisotopic (exact) mass is 349 g/mol. The summed E-state index contributed by atoms with van der Waals surface area (Å²) in [5.74, 6) is 0.576. The molecule has 0 unspecified atom stereocenters. The van der Waals surface area contributed by atoms with Crippen molar-refractivity contribution in [3.8, 4) is 11.3 Å². The van der Waals surface area contributed by atoms with E-state index in [-0.39, 0.29) is 5.63 Å². The summed E-state index contributed by atoms with van der Waals surface area (Å²) in [5.41, 5.74) is 1.22. The number of rotatable bonds is 1. The SMILES string of the molecule is O=c1oc(-c2ccccc2)c(I)c2ncccc12. The van der Waals surface area contributed by atoms with E-state index < -0.39 is 0 Å². The summed E-state index contributed by atoms with van der Waals surface area (Å²) < 4.78 is 6.26. The number of aromatic nitrogens is 1. The van der Waals surface area contributed by atoms with Crippen molar-refractivity contribution in [1.29, 1.82) is 0 Å². The van der Waals surface area contributed by atoms with Crippen molar-refractivity contribution < 1.29 is 4.42 Å². The fraction of sp³-hybridized carbons (Fsp3) is 0. The highest BCUT2D eigenvalue weighted by Gasteiger charge is 2.13. The molecule has 3 aromatic rings. The molecule has 3 rings (SSSR count). The zero-order valence-corrected chi connectivity index (χ0v) is 11.4. The van der Waals surface area contributed by atoms with Gasteiger partial charge in [-0.25, -0.2) is 4.79 Å². The first-order valence-electron chi connectivity index (χ1n) is 5.40. The van der Waals surface area contributed by atoms with Gasteiger partial charge in [-0.3, -0.25) is 4.98 Å². The number of hydrogen-bond donors (Lipinski definition) is 0. The van der Waals surface area contributed by atoms with Crippen molar-refractivity contribution in [3.63, 3.8) is 0 Å². The summed E-state index contributed by atoms with van der Waals surface area (Å²) in [6.07, 6.45) is 1.68. The first kappa shape index (κ1) is 11.4. The summed E-state index contributed by atoms with van der Waals surface area (Å²) in [6.45, 7) is 0. The molecule has 2 aromatic heterocycles. The Hall–Kier alpha value is -1.69. The van der Waals surface area contributed by atoms with Crippen molar-refractivity contribution >= 4 is 33.5 Å². The van der Waals surface area contributed by atoms with Gasteiger partial charge in [0.15, 0.2) is 5.76 Å². The van der Waals surface area contributed by atoms with E-state index in [1.165, 1.54) is 0 Å². The first-order valence-corrected chi connectivity index (χ1v) is 6.48. The van der Waals surface area contributed by atoms with Crippen LogP contribution in [-0.2, 0) is 0 Å². The fourth-order valence-corrected chi connectivity index (χ4v) is 2.67. The second-order valence-electron chi connectivity index (χ2n) is 3.80. The molecule has 2 heterocycles. The van der Waals surface area contributed by atoms with E-state index in [9.17, 15) is 4.79 Å². The lowest BCUT2D eigenvalue weighted by Crippen LogP contribution is -2.03. The van der Waals surface area contributed by atoms with Gasteiger partial charge in [-0.2, -0.15) is 0 Å². The predicted molar refractivity (Wildman–Crippen MR) is 78.4 cm³/mol. The van der Waals surface area contributed by atoms with E-state index >= 15 is 0 Å². The third-order valence-electron chi connectivity index (χ3n) is 2.67. The van der Waals surface area contributed by atoms with Crippen LogP contribution in [0.2, 0.25) is 0 Å². The highest BCUT2D eigenvalue weighted by molar-refractivity contribution is 14.1. The molecule has 18 heavy (non-hydrogen) atoms. The molecule has 0 aliphatic carbocycles. The molecule has 0 aliphatic rings. The van der Waals surface area contributed by atoms with Gasteiger partial charge < -0.3 is 4.42 Å². The van der Waals surface area contributed by atoms with Crippen LogP contribution in [-0.4, -0.2) is 4.98 Å². The quantitative estimate of drug-likeness (QED) is 0.632. The lowest BCUT2D eigenvalue weighted by atomic mass is 10.1. The molecule has 1 aromatic carbocycles. The fourth-order valence-electron chi connectivity index (χ4n) is 1.82. The topological polar surface area (TPSA) is 43.1 Å². The lowest BCUT2D eigenvalue weighted by molar-refractivity contribution is 0.531. The molecule has 0 bridgehead atoms. The number of pyridine rings is 1. The molecule has 0 atom stereocenters. The normalized spacial score (nSPS) is 10.7. The average Bonchev–Trinajstić information content (AvgIpc) is 2.44. The zero-order valence-electron chi connectivity index (χ0n) is 9.26. The third-order valence-corrected chi connectivity index (χ3v) is 3.67. The summed E-state index contributed by atoms with van der Waals surface area (Å²) in [7, 11) is 0. The van der Waals surface area contributed by atoms with Crippen molar-refractivity contribution in [3.05, 3.63) is 62.7 Å². The van der Waals surface area contributed by atoms with Crippen LogP contribution in [0, 0.1) is 3.57 Å². The van der Waals surface area contributed by atoms with E-state index in [0.29, 0.717) is 16.7 Å². The van der Waals surface area contributed by atoms with E-state index in [4.69, 9.17) is 4.42 Å². The van der Waals surface area contributed by atoms with Crippen LogP contribution < -0.4 is 5.63 Å². The van der Waals surface area contributed by atoms with E-state index in [1.54, 1.807) is 18.3 Å². The van der Waals surface area contributed by atoms with Crippen molar-refractivity contribution in [2.24, 2.45) is 0 Å². The molecule has 0 radical (unpaired) electrons. The maximum atomic E-state index is 11.9. The van der Waals surface area contributed by atoms with Crippen LogP contribution in [0.25, 0.3) is 22.2 Å². The molecule has 0 fully saturated rings. The minimum atomic E-state index is -0.350. The molecule has 3 nitrogen and oxygen atoms in total. The van der Waals surface area contributed by atoms with Gasteiger partial charge in [0.05, 0.1) is 14.5 Å². The average molecular weight is 349 g/mol. The van der Waals surface area contributed by atoms with Gasteiger partial charge in [-0.1, -0.05) is 30.3 Å². The summed E-state index contributed by atoms with van der Waals surface area (Å²) in [5, 5.41) is 0.515. The second kappa shape index (κ2) is 4.53. The standard InChI is InChI=1S/C14H8INO2/c15-11-12-10(7-4-8-16-12)14(17)18-13(11)9-5-2-1-3-6-9/h1-8H. The molecular weight excluding hydrogens is 341 g/mol. The smallest absolute Gasteiger partial charge is 0.345 e. The Balaban J connectivity index is 2.39. The Morgan fingerprint density at radius 2 is 1.83 bits per heavy atom. The van der Waals surface area contributed by atoms with Crippen molar-refractivity contribution in [2.75, 3.05) is 0 Å². The van der Waals surface area contributed by atoms with Gasteiger partial charge in [0.1, 0.15) is 0 Å². The zero-order chi connectivity index (χ0) is 12.5. The Bertz CT molecular complexity index is 766. The second-order valence-corrected chi connectivity index (χ2v) is 4.88. The van der Waals surface area contributed by atoms with Crippen LogP contribution in [0.5, 0.6) is 0 Å². The molecule has 0 aliphatic heterocycles. The molecule has 0 N–H and O–H groups in total. The minimum Gasteiger partial charge on any atom is -0.421 e. The molecule has 4 heteroatoms. The van der Waals surface area contributed by atoms with Gasteiger partial charge >= 0.3 is 5.63 Å².